The highest BCUT2D eigenvalue weighted by atomic mass is 35.5. The predicted octanol–water partition coefficient (Wildman–Crippen LogP) is 2.56. The maximum atomic E-state index is 12.2. The van der Waals surface area contributed by atoms with E-state index in [2.05, 4.69) is 31.4 Å². The summed E-state index contributed by atoms with van der Waals surface area (Å²) in [7, 11) is 0. The lowest BCUT2D eigenvalue weighted by Gasteiger charge is -2.23. The highest BCUT2D eigenvalue weighted by Crippen LogP contribution is 2.26. The van der Waals surface area contributed by atoms with Gasteiger partial charge in [0.15, 0.2) is 0 Å². The van der Waals surface area contributed by atoms with Crippen LogP contribution < -0.4 is 10.6 Å². The van der Waals surface area contributed by atoms with E-state index in [0.717, 1.165) is 18.5 Å². The zero-order valence-electron chi connectivity index (χ0n) is 14.5. The fraction of sp³-hybridized carbons (Fsp3) is 0.611. The number of aliphatic hydroxyl groups is 1. The van der Waals surface area contributed by atoms with Crippen LogP contribution in [0.15, 0.2) is 24.3 Å². The molecule has 1 saturated heterocycles. The van der Waals surface area contributed by atoms with Gasteiger partial charge in [0.05, 0.1) is 11.5 Å². The first kappa shape index (κ1) is 19.9. The summed E-state index contributed by atoms with van der Waals surface area (Å²) in [6.07, 6.45) is 0.172. The van der Waals surface area contributed by atoms with Crippen LogP contribution in [0.2, 0.25) is 0 Å². The minimum Gasteiger partial charge on any atom is -0.387 e. The summed E-state index contributed by atoms with van der Waals surface area (Å²) < 4.78 is 0. The van der Waals surface area contributed by atoms with Gasteiger partial charge in [-0.2, -0.15) is 0 Å². The number of carbonyl (C=O) groups is 1. The summed E-state index contributed by atoms with van der Waals surface area (Å²) in [4.78, 5) is 12.2. The smallest absolute Gasteiger partial charge is 0.227 e. The van der Waals surface area contributed by atoms with Crippen molar-refractivity contribution < 1.29 is 9.90 Å². The molecule has 2 unspecified atom stereocenters. The Bertz CT molecular complexity index is 517. The lowest BCUT2D eigenvalue weighted by Crippen LogP contribution is -2.41. The highest BCUT2D eigenvalue weighted by Gasteiger charge is 2.36. The summed E-state index contributed by atoms with van der Waals surface area (Å²) in [5, 5.41) is 16.3. The second-order valence-corrected chi connectivity index (χ2v) is 7.59. The molecule has 1 aromatic rings. The van der Waals surface area contributed by atoms with Gasteiger partial charge in [-0.25, -0.2) is 0 Å². The van der Waals surface area contributed by atoms with E-state index < -0.39 is 6.10 Å². The topological polar surface area (TPSA) is 61.4 Å². The zero-order chi connectivity index (χ0) is 16.4. The van der Waals surface area contributed by atoms with Gasteiger partial charge >= 0.3 is 0 Å². The van der Waals surface area contributed by atoms with Crippen molar-refractivity contribution in [3.05, 3.63) is 35.4 Å². The van der Waals surface area contributed by atoms with Crippen LogP contribution in [0.25, 0.3) is 0 Å². The number of hydrogen-bond donors (Lipinski definition) is 3. The summed E-state index contributed by atoms with van der Waals surface area (Å²) in [5.74, 6) is 0.0165. The van der Waals surface area contributed by atoms with E-state index in [-0.39, 0.29) is 35.7 Å². The molecule has 0 spiro atoms. The lowest BCUT2D eigenvalue weighted by atomic mass is 9.86. The van der Waals surface area contributed by atoms with E-state index in [1.54, 1.807) is 0 Å². The summed E-state index contributed by atoms with van der Waals surface area (Å²) in [5.41, 5.74) is 1.82. The third kappa shape index (κ3) is 4.93. The number of hydrogen-bond acceptors (Lipinski definition) is 3. The molecule has 23 heavy (non-hydrogen) atoms. The largest absolute Gasteiger partial charge is 0.387 e. The molecule has 1 aromatic carbocycles. The van der Waals surface area contributed by atoms with E-state index in [4.69, 9.17) is 0 Å². The number of aliphatic hydroxyl groups excluding tert-OH is 1. The molecule has 3 N–H and O–H groups in total. The summed E-state index contributed by atoms with van der Waals surface area (Å²) in [6, 6.07) is 7.97. The molecular formula is C18H29ClN2O2. The van der Waals surface area contributed by atoms with Crippen LogP contribution in [0.1, 0.15) is 51.3 Å². The third-order valence-electron chi connectivity index (χ3n) is 4.53. The van der Waals surface area contributed by atoms with Gasteiger partial charge < -0.3 is 15.7 Å². The molecule has 0 aliphatic carbocycles. The van der Waals surface area contributed by atoms with Crippen LogP contribution >= 0.6 is 12.4 Å². The van der Waals surface area contributed by atoms with Crippen molar-refractivity contribution >= 4 is 18.3 Å². The zero-order valence-corrected chi connectivity index (χ0v) is 15.3. The molecule has 1 fully saturated rings. The molecule has 1 aliphatic rings. The summed E-state index contributed by atoms with van der Waals surface area (Å²) >= 11 is 0. The number of carbonyl (C=O) groups excluding carboxylic acids is 1. The SMILES string of the molecule is CC1(C(=O)NCC(O)c2ccc(C(C)(C)C)cc2)CCNC1.Cl. The molecule has 0 saturated carbocycles. The van der Waals surface area contributed by atoms with Gasteiger partial charge in [-0.15, -0.1) is 12.4 Å². The van der Waals surface area contributed by atoms with E-state index in [1.165, 1.54) is 5.56 Å². The second kappa shape index (κ2) is 7.65. The maximum Gasteiger partial charge on any atom is 0.227 e. The molecule has 2 atom stereocenters. The van der Waals surface area contributed by atoms with Crippen molar-refractivity contribution in [1.82, 2.24) is 10.6 Å². The monoisotopic (exact) mass is 340 g/mol. The van der Waals surface area contributed by atoms with E-state index in [9.17, 15) is 9.90 Å². The van der Waals surface area contributed by atoms with Gasteiger partial charge in [0, 0.05) is 13.1 Å². The van der Waals surface area contributed by atoms with Crippen LogP contribution in [0, 0.1) is 5.41 Å². The summed E-state index contributed by atoms with van der Waals surface area (Å²) in [6.45, 7) is 10.3. The molecule has 130 valence electrons. The van der Waals surface area contributed by atoms with E-state index in [1.807, 2.05) is 31.2 Å². The molecule has 1 heterocycles. The van der Waals surface area contributed by atoms with Crippen molar-refractivity contribution in [2.24, 2.45) is 5.41 Å². The molecule has 1 amide bonds. The average molecular weight is 341 g/mol. The molecular weight excluding hydrogens is 312 g/mol. The Morgan fingerprint density at radius 3 is 2.43 bits per heavy atom. The standard InChI is InChI=1S/C18H28N2O2.ClH/c1-17(2,3)14-7-5-13(6-8-14)15(21)11-20-16(22)18(4)9-10-19-12-18;/h5-8,15,19,21H,9-12H2,1-4H3,(H,20,22);1H. The Kier molecular flexibility index (Phi) is 6.63. The molecule has 5 heteroatoms. The van der Waals surface area contributed by atoms with Gasteiger partial charge in [-0.3, -0.25) is 4.79 Å². The maximum absolute atomic E-state index is 12.2. The van der Waals surface area contributed by atoms with Gasteiger partial charge in [0.2, 0.25) is 5.91 Å². The molecule has 0 bridgehead atoms. The van der Waals surface area contributed by atoms with Gasteiger partial charge in [0.25, 0.3) is 0 Å². The Hall–Kier alpha value is -1.10. The molecule has 4 nitrogen and oxygen atoms in total. The average Bonchev–Trinajstić information content (AvgIpc) is 2.91. The van der Waals surface area contributed by atoms with Crippen LogP contribution in [0.5, 0.6) is 0 Å². The van der Waals surface area contributed by atoms with Crippen LogP contribution in [-0.2, 0) is 10.2 Å². The lowest BCUT2D eigenvalue weighted by molar-refractivity contribution is -0.129. The fourth-order valence-corrected chi connectivity index (χ4v) is 2.74. The Morgan fingerprint density at radius 1 is 1.35 bits per heavy atom. The predicted molar refractivity (Wildman–Crippen MR) is 96.0 cm³/mol. The quantitative estimate of drug-likeness (QED) is 0.789. The minimum atomic E-state index is -0.670. The van der Waals surface area contributed by atoms with Crippen molar-refractivity contribution in [2.45, 2.75) is 45.6 Å². The molecule has 0 aromatic heterocycles. The first-order chi connectivity index (χ1) is 10.2. The van der Waals surface area contributed by atoms with Crippen LogP contribution in [0.4, 0.5) is 0 Å². The number of nitrogens with one attached hydrogen (secondary N) is 2. The van der Waals surface area contributed by atoms with Crippen molar-refractivity contribution in [3.8, 4) is 0 Å². The number of rotatable bonds is 4. The Balaban J connectivity index is 0.00000264. The fourth-order valence-electron chi connectivity index (χ4n) is 2.74. The van der Waals surface area contributed by atoms with Gasteiger partial charge in [-0.05, 0) is 36.4 Å². The van der Waals surface area contributed by atoms with E-state index in [0.29, 0.717) is 6.54 Å². The van der Waals surface area contributed by atoms with Crippen molar-refractivity contribution in [3.63, 3.8) is 0 Å². The second-order valence-electron chi connectivity index (χ2n) is 7.59. The third-order valence-corrected chi connectivity index (χ3v) is 4.53. The van der Waals surface area contributed by atoms with Crippen molar-refractivity contribution in [1.29, 1.82) is 0 Å². The molecule has 0 radical (unpaired) electrons. The molecule has 1 aliphatic heterocycles. The minimum absolute atomic E-state index is 0. The van der Waals surface area contributed by atoms with Gasteiger partial charge in [-0.1, -0.05) is 45.0 Å². The van der Waals surface area contributed by atoms with Gasteiger partial charge in [0.1, 0.15) is 0 Å². The van der Waals surface area contributed by atoms with Crippen LogP contribution in [-0.4, -0.2) is 30.6 Å². The van der Waals surface area contributed by atoms with Crippen LogP contribution in [0.3, 0.4) is 0 Å². The number of benzene rings is 1. The Labute approximate surface area is 145 Å². The number of amides is 1. The first-order valence-corrected chi connectivity index (χ1v) is 8.00. The highest BCUT2D eigenvalue weighted by molar-refractivity contribution is 5.85. The number of halogens is 1. The van der Waals surface area contributed by atoms with Crippen molar-refractivity contribution in [2.75, 3.05) is 19.6 Å². The normalized spacial score (nSPS) is 22.3. The molecule has 2 rings (SSSR count). The Morgan fingerprint density at radius 2 is 1.96 bits per heavy atom. The first-order valence-electron chi connectivity index (χ1n) is 8.00. The van der Waals surface area contributed by atoms with E-state index >= 15 is 0 Å².